The first-order chi connectivity index (χ1) is 11.6. The molecule has 0 unspecified atom stereocenters. The molecule has 1 atom stereocenters. The van der Waals surface area contributed by atoms with Crippen LogP contribution < -0.4 is 0 Å². The molecule has 1 saturated heterocycles. The van der Waals surface area contributed by atoms with Crippen LogP contribution in [0.5, 0.6) is 0 Å². The van der Waals surface area contributed by atoms with Crippen molar-refractivity contribution in [2.75, 3.05) is 19.7 Å². The van der Waals surface area contributed by atoms with E-state index in [0.717, 1.165) is 43.9 Å². The van der Waals surface area contributed by atoms with Crippen LogP contribution in [0.3, 0.4) is 0 Å². The highest BCUT2D eigenvalue weighted by Crippen LogP contribution is 2.34. The maximum absolute atomic E-state index is 10.2. The van der Waals surface area contributed by atoms with Gasteiger partial charge in [0.25, 0.3) is 0 Å². The highest BCUT2D eigenvalue weighted by molar-refractivity contribution is 6.30. The van der Waals surface area contributed by atoms with Crippen LogP contribution in [0.1, 0.15) is 29.5 Å². The molecule has 2 aromatic carbocycles. The van der Waals surface area contributed by atoms with Crippen molar-refractivity contribution >= 4 is 11.6 Å². The summed E-state index contributed by atoms with van der Waals surface area (Å²) in [5.74, 6) is 0. The lowest BCUT2D eigenvalue weighted by Gasteiger charge is -2.42. The Kier molecular flexibility index (Phi) is 5.60. The van der Waals surface area contributed by atoms with Gasteiger partial charge in [-0.2, -0.15) is 0 Å². The van der Waals surface area contributed by atoms with Crippen molar-refractivity contribution in [3.05, 3.63) is 70.2 Å². The lowest BCUT2D eigenvalue weighted by atomic mass is 9.75. The average Bonchev–Trinajstić information content (AvgIpc) is 2.57. The number of likely N-dealkylation sites (tertiary alicyclic amines) is 1. The van der Waals surface area contributed by atoms with Crippen LogP contribution in [-0.2, 0) is 13.0 Å². The molecule has 1 fully saturated rings. The van der Waals surface area contributed by atoms with E-state index in [0.29, 0.717) is 0 Å². The Bertz CT molecular complexity index is 687. The molecule has 1 aliphatic heterocycles. The van der Waals surface area contributed by atoms with Gasteiger partial charge in [-0.25, -0.2) is 0 Å². The highest BCUT2D eigenvalue weighted by atomic mass is 35.5. The van der Waals surface area contributed by atoms with Gasteiger partial charge in [-0.1, -0.05) is 48.0 Å². The standard InChI is InChI=1S/C21H26ClNO/c1-17-6-2-3-8-19(17)14-23-11-5-10-21(15-23,16-24)13-18-7-4-9-20(22)12-18/h2-4,6-9,12,24H,5,10-11,13-16H2,1H3/t21-/m0/s1. The molecule has 1 heterocycles. The molecule has 1 N–H and O–H groups in total. The maximum atomic E-state index is 10.2. The number of aryl methyl sites for hydroxylation is 1. The number of aliphatic hydroxyl groups excluding tert-OH is 1. The zero-order valence-electron chi connectivity index (χ0n) is 14.3. The molecule has 2 nitrogen and oxygen atoms in total. The number of benzene rings is 2. The van der Waals surface area contributed by atoms with E-state index >= 15 is 0 Å². The number of hydrogen-bond acceptors (Lipinski definition) is 2. The first kappa shape index (κ1) is 17.5. The third-order valence-electron chi connectivity index (χ3n) is 5.20. The second-order valence-electron chi connectivity index (χ2n) is 7.21. The van der Waals surface area contributed by atoms with Gasteiger partial charge in [0, 0.05) is 23.5 Å². The molecule has 3 heteroatoms. The molecule has 0 spiro atoms. The minimum atomic E-state index is -0.0639. The van der Waals surface area contributed by atoms with Crippen molar-refractivity contribution < 1.29 is 5.11 Å². The van der Waals surface area contributed by atoms with Gasteiger partial charge in [0.2, 0.25) is 0 Å². The fourth-order valence-electron chi connectivity index (χ4n) is 3.88. The van der Waals surface area contributed by atoms with Crippen LogP contribution in [0, 0.1) is 12.3 Å². The minimum absolute atomic E-state index is 0.0639. The second kappa shape index (κ2) is 7.69. The lowest BCUT2D eigenvalue weighted by molar-refractivity contribution is 0.0288. The summed E-state index contributed by atoms with van der Waals surface area (Å²) in [5, 5.41) is 10.9. The number of aliphatic hydroxyl groups is 1. The lowest BCUT2D eigenvalue weighted by Crippen LogP contribution is -2.46. The summed E-state index contributed by atoms with van der Waals surface area (Å²) in [4.78, 5) is 2.49. The van der Waals surface area contributed by atoms with Gasteiger partial charge < -0.3 is 5.11 Å². The Morgan fingerprint density at radius 3 is 2.75 bits per heavy atom. The summed E-state index contributed by atoms with van der Waals surface area (Å²) in [6.07, 6.45) is 3.08. The summed E-state index contributed by atoms with van der Waals surface area (Å²) in [7, 11) is 0. The molecule has 0 saturated carbocycles. The predicted molar refractivity (Wildman–Crippen MR) is 100 cm³/mol. The smallest absolute Gasteiger partial charge is 0.0502 e. The predicted octanol–water partition coefficient (Wildman–Crippen LogP) is 4.47. The van der Waals surface area contributed by atoms with Gasteiger partial charge in [-0.05, 0) is 61.6 Å². The largest absolute Gasteiger partial charge is 0.396 e. The number of piperidine rings is 1. The number of rotatable bonds is 5. The van der Waals surface area contributed by atoms with E-state index in [1.54, 1.807) is 0 Å². The van der Waals surface area contributed by atoms with Gasteiger partial charge >= 0.3 is 0 Å². The summed E-state index contributed by atoms with van der Waals surface area (Å²) in [5.41, 5.74) is 3.88. The Morgan fingerprint density at radius 1 is 1.17 bits per heavy atom. The van der Waals surface area contributed by atoms with Crippen molar-refractivity contribution in [3.8, 4) is 0 Å². The van der Waals surface area contributed by atoms with Crippen LogP contribution in [0.15, 0.2) is 48.5 Å². The Balaban J connectivity index is 1.73. The Morgan fingerprint density at radius 2 is 2.00 bits per heavy atom. The molecule has 0 aliphatic carbocycles. The Labute approximate surface area is 150 Å². The molecule has 2 aromatic rings. The van der Waals surface area contributed by atoms with Crippen LogP contribution in [0.2, 0.25) is 5.02 Å². The summed E-state index contributed by atoms with van der Waals surface area (Å²) in [6, 6.07) is 16.6. The number of halogens is 1. The molecule has 0 bridgehead atoms. The van der Waals surface area contributed by atoms with E-state index in [1.807, 2.05) is 18.2 Å². The maximum Gasteiger partial charge on any atom is 0.0502 e. The summed E-state index contributed by atoms with van der Waals surface area (Å²) >= 11 is 6.13. The van der Waals surface area contributed by atoms with Gasteiger partial charge in [0.15, 0.2) is 0 Å². The number of hydrogen-bond donors (Lipinski definition) is 1. The quantitative estimate of drug-likeness (QED) is 0.866. The molecule has 0 aromatic heterocycles. The first-order valence-corrected chi connectivity index (χ1v) is 9.10. The normalized spacial score (nSPS) is 21.8. The number of nitrogens with zero attached hydrogens (tertiary/aromatic N) is 1. The average molecular weight is 344 g/mol. The van der Waals surface area contributed by atoms with E-state index in [-0.39, 0.29) is 12.0 Å². The van der Waals surface area contributed by atoms with E-state index in [9.17, 15) is 5.11 Å². The van der Waals surface area contributed by atoms with Crippen molar-refractivity contribution in [2.45, 2.75) is 32.7 Å². The molecular formula is C21H26ClNO. The second-order valence-corrected chi connectivity index (χ2v) is 7.64. The van der Waals surface area contributed by atoms with Gasteiger partial charge in [0.1, 0.15) is 0 Å². The van der Waals surface area contributed by atoms with Crippen molar-refractivity contribution in [1.29, 1.82) is 0 Å². The zero-order valence-corrected chi connectivity index (χ0v) is 15.1. The monoisotopic (exact) mass is 343 g/mol. The first-order valence-electron chi connectivity index (χ1n) is 8.72. The van der Waals surface area contributed by atoms with Crippen LogP contribution >= 0.6 is 11.6 Å². The van der Waals surface area contributed by atoms with Crippen LogP contribution in [0.4, 0.5) is 0 Å². The molecule has 24 heavy (non-hydrogen) atoms. The van der Waals surface area contributed by atoms with Crippen molar-refractivity contribution in [3.63, 3.8) is 0 Å². The molecular weight excluding hydrogens is 318 g/mol. The van der Waals surface area contributed by atoms with Crippen LogP contribution in [0.25, 0.3) is 0 Å². The van der Waals surface area contributed by atoms with Crippen LogP contribution in [-0.4, -0.2) is 29.7 Å². The van der Waals surface area contributed by atoms with E-state index in [4.69, 9.17) is 11.6 Å². The fourth-order valence-corrected chi connectivity index (χ4v) is 4.10. The van der Waals surface area contributed by atoms with E-state index < -0.39 is 0 Å². The summed E-state index contributed by atoms with van der Waals surface area (Å²) < 4.78 is 0. The zero-order chi connectivity index (χ0) is 17.0. The third kappa shape index (κ3) is 4.18. The topological polar surface area (TPSA) is 23.5 Å². The minimum Gasteiger partial charge on any atom is -0.396 e. The summed E-state index contributed by atoms with van der Waals surface area (Å²) in [6.45, 7) is 5.40. The fraction of sp³-hybridized carbons (Fsp3) is 0.429. The molecule has 0 radical (unpaired) electrons. The van der Waals surface area contributed by atoms with Crippen molar-refractivity contribution in [1.82, 2.24) is 4.90 Å². The van der Waals surface area contributed by atoms with E-state index in [1.165, 1.54) is 16.7 Å². The molecule has 3 rings (SSSR count). The van der Waals surface area contributed by atoms with Crippen molar-refractivity contribution in [2.24, 2.45) is 5.41 Å². The highest BCUT2D eigenvalue weighted by Gasteiger charge is 2.35. The third-order valence-corrected chi connectivity index (χ3v) is 5.43. The molecule has 1 aliphatic rings. The van der Waals surface area contributed by atoms with Gasteiger partial charge in [0.05, 0.1) is 6.61 Å². The Hall–Kier alpha value is -1.35. The van der Waals surface area contributed by atoms with E-state index in [2.05, 4.69) is 42.2 Å². The molecule has 0 amide bonds. The molecule has 128 valence electrons. The SMILES string of the molecule is Cc1ccccc1CN1CCC[C@](CO)(Cc2cccc(Cl)c2)C1. The van der Waals surface area contributed by atoms with Gasteiger partial charge in [-0.15, -0.1) is 0 Å². The van der Waals surface area contributed by atoms with Gasteiger partial charge in [-0.3, -0.25) is 4.90 Å².